The molecule has 5 nitrogen and oxygen atoms in total. The Morgan fingerprint density at radius 1 is 1.50 bits per heavy atom. The zero-order chi connectivity index (χ0) is 13.9. The van der Waals surface area contributed by atoms with E-state index in [2.05, 4.69) is 39.1 Å². The van der Waals surface area contributed by atoms with Crippen LogP contribution < -0.4 is 10.6 Å². The van der Waals surface area contributed by atoms with Gasteiger partial charge in [0.1, 0.15) is 0 Å². The zero-order valence-electron chi connectivity index (χ0n) is 11.8. The van der Waals surface area contributed by atoms with Gasteiger partial charge < -0.3 is 10.6 Å². The van der Waals surface area contributed by atoms with E-state index in [-0.39, 0.29) is 0 Å². The summed E-state index contributed by atoms with van der Waals surface area (Å²) in [5.74, 6) is 2.25. The molecule has 0 bridgehead atoms. The molecule has 3 heterocycles. The summed E-state index contributed by atoms with van der Waals surface area (Å²) < 4.78 is 0. The van der Waals surface area contributed by atoms with Crippen molar-refractivity contribution in [2.24, 2.45) is 11.7 Å². The maximum absolute atomic E-state index is 5.78. The highest BCUT2D eigenvalue weighted by atomic mass is 32.1. The third kappa shape index (κ3) is 2.71. The lowest BCUT2D eigenvalue weighted by Gasteiger charge is -2.31. The monoisotopic (exact) mass is 291 g/mol. The van der Waals surface area contributed by atoms with Crippen molar-refractivity contribution >= 4 is 17.3 Å². The van der Waals surface area contributed by atoms with Gasteiger partial charge in [-0.25, -0.2) is 0 Å². The number of H-pyrrole nitrogens is 1. The Kier molecular flexibility index (Phi) is 4.03. The van der Waals surface area contributed by atoms with Gasteiger partial charge in [-0.05, 0) is 43.9 Å². The van der Waals surface area contributed by atoms with Crippen LogP contribution in [0.5, 0.6) is 0 Å². The maximum Gasteiger partial charge on any atom is 0.245 e. The predicted octanol–water partition coefficient (Wildman–Crippen LogP) is 2.27. The molecular formula is C14H21N5S. The molecule has 1 saturated heterocycles. The Balaban J connectivity index is 1.76. The first-order chi connectivity index (χ1) is 9.80. The third-order valence-electron chi connectivity index (χ3n) is 3.85. The molecule has 2 aromatic heterocycles. The highest BCUT2D eigenvalue weighted by molar-refractivity contribution is 7.15. The Morgan fingerprint density at radius 2 is 2.40 bits per heavy atom. The SMILES string of the molecule is CCc1ccc(-c2nc(N3CCCC(CN)C3)n[nH]2)s1. The number of nitrogens with two attached hydrogens (primary N) is 1. The fraction of sp³-hybridized carbons (Fsp3) is 0.571. The highest BCUT2D eigenvalue weighted by Crippen LogP contribution is 2.27. The van der Waals surface area contributed by atoms with Crippen LogP contribution in [0.2, 0.25) is 0 Å². The minimum atomic E-state index is 0.569. The summed E-state index contributed by atoms with van der Waals surface area (Å²) in [4.78, 5) is 9.43. The molecule has 0 spiro atoms. The minimum Gasteiger partial charge on any atom is -0.339 e. The molecule has 0 aliphatic carbocycles. The Hall–Kier alpha value is -1.40. The Labute approximate surface area is 123 Å². The van der Waals surface area contributed by atoms with E-state index in [9.17, 15) is 0 Å². The van der Waals surface area contributed by atoms with E-state index >= 15 is 0 Å². The molecule has 3 rings (SSSR count). The van der Waals surface area contributed by atoms with Crippen molar-refractivity contribution in [3.8, 4) is 10.7 Å². The Morgan fingerprint density at radius 3 is 3.15 bits per heavy atom. The second-order valence-electron chi connectivity index (χ2n) is 5.29. The van der Waals surface area contributed by atoms with Crippen LogP contribution in [0.25, 0.3) is 10.7 Å². The molecule has 0 saturated carbocycles. The van der Waals surface area contributed by atoms with Crippen molar-refractivity contribution in [1.29, 1.82) is 0 Å². The van der Waals surface area contributed by atoms with Crippen molar-refractivity contribution in [3.63, 3.8) is 0 Å². The van der Waals surface area contributed by atoms with Gasteiger partial charge in [0, 0.05) is 18.0 Å². The van der Waals surface area contributed by atoms with Crippen LogP contribution in [-0.4, -0.2) is 34.8 Å². The number of rotatable bonds is 4. The van der Waals surface area contributed by atoms with Crippen molar-refractivity contribution in [2.75, 3.05) is 24.5 Å². The molecule has 1 atom stereocenters. The lowest BCUT2D eigenvalue weighted by atomic mass is 9.99. The topological polar surface area (TPSA) is 70.8 Å². The first-order valence-electron chi connectivity index (χ1n) is 7.26. The highest BCUT2D eigenvalue weighted by Gasteiger charge is 2.22. The number of piperidine rings is 1. The van der Waals surface area contributed by atoms with Gasteiger partial charge in [0.2, 0.25) is 5.95 Å². The number of aryl methyl sites for hydroxylation is 1. The molecule has 0 radical (unpaired) electrons. The van der Waals surface area contributed by atoms with E-state index in [1.165, 1.54) is 17.7 Å². The molecule has 6 heteroatoms. The summed E-state index contributed by atoms with van der Waals surface area (Å²) in [7, 11) is 0. The number of anilines is 1. The summed E-state index contributed by atoms with van der Waals surface area (Å²) in [6.07, 6.45) is 3.45. The molecule has 2 aromatic rings. The number of hydrogen-bond donors (Lipinski definition) is 2. The minimum absolute atomic E-state index is 0.569. The molecule has 20 heavy (non-hydrogen) atoms. The van der Waals surface area contributed by atoms with Crippen LogP contribution >= 0.6 is 11.3 Å². The number of nitrogens with one attached hydrogen (secondary N) is 1. The summed E-state index contributed by atoms with van der Waals surface area (Å²) in [5, 5.41) is 7.44. The second-order valence-corrected chi connectivity index (χ2v) is 6.46. The first-order valence-corrected chi connectivity index (χ1v) is 8.08. The quantitative estimate of drug-likeness (QED) is 0.906. The molecule has 1 fully saturated rings. The van der Waals surface area contributed by atoms with Gasteiger partial charge >= 0.3 is 0 Å². The lowest BCUT2D eigenvalue weighted by Crippen LogP contribution is -2.38. The summed E-state index contributed by atoms with van der Waals surface area (Å²) >= 11 is 1.78. The molecule has 1 unspecified atom stereocenters. The number of hydrogen-bond acceptors (Lipinski definition) is 5. The Bertz CT molecular complexity index is 561. The van der Waals surface area contributed by atoms with Gasteiger partial charge in [-0.2, -0.15) is 4.98 Å². The van der Waals surface area contributed by atoms with Gasteiger partial charge in [-0.1, -0.05) is 6.92 Å². The molecule has 0 amide bonds. The standard InChI is InChI=1S/C14H21N5S/c1-2-11-5-6-12(20-11)13-16-14(18-17-13)19-7-3-4-10(8-15)9-19/h5-6,10H,2-4,7-9,15H2,1H3,(H,16,17,18). The summed E-state index contributed by atoms with van der Waals surface area (Å²) in [6, 6.07) is 4.28. The summed E-state index contributed by atoms with van der Waals surface area (Å²) in [5.41, 5.74) is 5.78. The maximum atomic E-state index is 5.78. The van der Waals surface area contributed by atoms with Crippen LogP contribution in [0.1, 0.15) is 24.6 Å². The van der Waals surface area contributed by atoms with Crippen LogP contribution in [0.15, 0.2) is 12.1 Å². The smallest absolute Gasteiger partial charge is 0.245 e. The number of aromatic amines is 1. The van der Waals surface area contributed by atoms with Crippen molar-refractivity contribution in [2.45, 2.75) is 26.2 Å². The molecule has 1 aliphatic rings. The average Bonchev–Trinajstić information content (AvgIpc) is 3.15. The van der Waals surface area contributed by atoms with E-state index in [0.29, 0.717) is 5.92 Å². The van der Waals surface area contributed by atoms with Gasteiger partial charge in [0.15, 0.2) is 5.82 Å². The third-order valence-corrected chi connectivity index (χ3v) is 5.09. The van der Waals surface area contributed by atoms with E-state index in [1.807, 2.05) is 0 Å². The van der Waals surface area contributed by atoms with Crippen LogP contribution in [0.3, 0.4) is 0 Å². The number of thiophene rings is 1. The fourth-order valence-electron chi connectivity index (χ4n) is 2.64. The van der Waals surface area contributed by atoms with E-state index < -0.39 is 0 Å². The van der Waals surface area contributed by atoms with Crippen molar-refractivity contribution in [1.82, 2.24) is 15.2 Å². The van der Waals surface area contributed by atoms with Gasteiger partial charge in [0.25, 0.3) is 0 Å². The molecular weight excluding hydrogens is 270 g/mol. The summed E-state index contributed by atoms with van der Waals surface area (Å²) in [6.45, 7) is 4.91. The van der Waals surface area contributed by atoms with Crippen LogP contribution in [-0.2, 0) is 6.42 Å². The lowest BCUT2D eigenvalue weighted by molar-refractivity contribution is 0.420. The van der Waals surface area contributed by atoms with Gasteiger partial charge in [0.05, 0.1) is 4.88 Å². The number of aromatic nitrogens is 3. The second kappa shape index (κ2) is 5.93. The van der Waals surface area contributed by atoms with Gasteiger partial charge in [-0.15, -0.1) is 16.4 Å². The van der Waals surface area contributed by atoms with Crippen LogP contribution in [0, 0.1) is 5.92 Å². The molecule has 108 valence electrons. The van der Waals surface area contributed by atoms with E-state index in [4.69, 9.17) is 5.73 Å². The van der Waals surface area contributed by atoms with E-state index in [1.54, 1.807) is 11.3 Å². The number of nitrogens with zero attached hydrogens (tertiary/aromatic N) is 3. The normalized spacial score (nSPS) is 19.5. The molecule has 3 N–H and O–H groups in total. The first kappa shape index (κ1) is 13.6. The largest absolute Gasteiger partial charge is 0.339 e. The average molecular weight is 291 g/mol. The van der Waals surface area contributed by atoms with Gasteiger partial charge in [-0.3, -0.25) is 5.10 Å². The fourth-order valence-corrected chi connectivity index (χ4v) is 3.53. The molecule has 1 aliphatic heterocycles. The molecule has 0 aromatic carbocycles. The van der Waals surface area contributed by atoms with Crippen molar-refractivity contribution < 1.29 is 0 Å². The van der Waals surface area contributed by atoms with E-state index in [0.717, 1.165) is 42.7 Å². The predicted molar refractivity (Wildman–Crippen MR) is 83.1 cm³/mol. The zero-order valence-corrected chi connectivity index (χ0v) is 12.6. The van der Waals surface area contributed by atoms with Crippen LogP contribution in [0.4, 0.5) is 5.95 Å². The van der Waals surface area contributed by atoms with Crippen molar-refractivity contribution in [3.05, 3.63) is 17.0 Å².